The highest BCUT2D eigenvalue weighted by atomic mass is 32.2. The number of hydrogen-bond donors (Lipinski definition) is 1. The van der Waals surface area contributed by atoms with Crippen LogP contribution < -0.4 is 9.46 Å². The smallest absolute Gasteiger partial charge is 0.379 e. The fourth-order valence-corrected chi connectivity index (χ4v) is 5.28. The van der Waals surface area contributed by atoms with Crippen molar-refractivity contribution in [3.8, 4) is 5.75 Å². The number of nitrogens with zero attached hydrogens (tertiary/aromatic N) is 2. The second kappa shape index (κ2) is 11.4. The van der Waals surface area contributed by atoms with Gasteiger partial charge in [-0.3, -0.25) is 4.72 Å². The number of carbonyl (C=O) groups excluding carboxylic acids is 1. The molecule has 0 spiro atoms. The molecule has 2 aliphatic heterocycles. The first-order valence-electron chi connectivity index (χ1n) is 12.6. The van der Waals surface area contributed by atoms with E-state index in [9.17, 15) is 17.6 Å². The van der Waals surface area contributed by atoms with Crippen LogP contribution in [0.15, 0.2) is 64.6 Å². The predicted octanol–water partition coefficient (Wildman–Crippen LogP) is 4.67. The third kappa shape index (κ3) is 5.47. The summed E-state index contributed by atoms with van der Waals surface area (Å²) in [6, 6.07) is 5.16. The second-order valence-corrected chi connectivity index (χ2v) is 10.9. The largest absolute Gasteiger partial charge is 0.495 e. The number of oxime groups is 1. The molecule has 11 heteroatoms. The van der Waals surface area contributed by atoms with E-state index in [0.717, 1.165) is 17.6 Å². The Morgan fingerprint density at radius 2 is 2.13 bits per heavy atom. The molecule has 204 valence electrons. The molecule has 1 saturated heterocycles. The lowest BCUT2D eigenvalue weighted by Crippen LogP contribution is -2.58. The molecule has 4 rings (SSSR count). The van der Waals surface area contributed by atoms with Crippen LogP contribution in [0.2, 0.25) is 0 Å². The van der Waals surface area contributed by atoms with Crippen molar-refractivity contribution >= 4 is 33.6 Å². The SMILES string of the molecule is CCOC(=O)C1(/C2=C/C/C=C(/F)C=CC2)ON=C2/C(=C/c3ccc(NS(=O)(=O)CC)c(OC)c3)CCCN21. The van der Waals surface area contributed by atoms with Gasteiger partial charge in [-0.2, -0.15) is 0 Å². The van der Waals surface area contributed by atoms with Gasteiger partial charge in [0.1, 0.15) is 11.6 Å². The number of rotatable bonds is 8. The lowest BCUT2D eigenvalue weighted by Gasteiger charge is -2.39. The summed E-state index contributed by atoms with van der Waals surface area (Å²) in [4.78, 5) is 21.2. The van der Waals surface area contributed by atoms with Crippen LogP contribution in [0.4, 0.5) is 10.1 Å². The Morgan fingerprint density at radius 1 is 1.32 bits per heavy atom. The van der Waals surface area contributed by atoms with Crippen LogP contribution in [0.25, 0.3) is 6.08 Å². The zero-order chi connectivity index (χ0) is 27.3. The van der Waals surface area contributed by atoms with Gasteiger partial charge in [-0.15, -0.1) is 0 Å². The minimum Gasteiger partial charge on any atom is -0.495 e. The van der Waals surface area contributed by atoms with Gasteiger partial charge in [0.05, 0.1) is 25.2 Å². The zero-order valence-corrected chi connectivity index (χ0v) is 22.5. The van der Waals surface area contributed by atoms with Gasteiger partial charge in [0, 0.05) is 12.1 Å². The number of ether oxygens (including phenoxy) is 2. The number of benzene rings is 1. The Bertz CT molecular complexity index is 1350. The van der Waals surface area contributed by atoms with E-state index in [4.69, 9.17) is 14.3 Å². The van der Waals surface area contributed by atoms with Crippen molar-refractivity contribution < 1.29 is 31.9 Å². The highest BCUT2D eigenvalue weighted by Gasteiger charge is 2.57. The highest BCUT2D eigenvalue weighted by Crippen LogP contribution is 2.41. The van der Waals surface area contributed by atoms with E-state index < -0.39 is 21.7 Å². The molecule has 1 fully saturated rings. The molecule has 1 aliphatic carbocycles. The maximum absolute atomic E-state index is 13.7. The third-order valence-electron chi connectivity index (χ3n) is 6.51. The third-order valence-corrected chi connectivity index (χ3v) is 7.80. The summed E-state index contributed by atoms with van der Waals surface area (Å²) in [5.41, 5.74) is 1.02. The minimum atomic E-state index is -3.47. The number of nitrogens with one attached hydrogen (secondary N) is 1. The molecule has 38 heavy (non-hydrogen) atoms. The van der Waals surface area contributed by atoms with E-state index in [-0.39, 0.29) is 18.2 Å². The number of sulfonamides is 1. The molecule has 1 unspecified atom stereocenters. The van der Waals surface area contributed by atoms with Crippen LogP contribution in [0, 0.1) is 0 Å². The standard InChI is InChI=1S/C27H32FN3O6S/c1-4-36-26(32)27(21-10-6-12-22(28)13-7-11-21)31-16-8-9-20(25(31)29-37-27)17-19-14-15-23(24(18-19)35-3)30-38(33,34)5-2/h6,11-15,17-18,30H,4-5,7-10,16H2,1-3H3/b12-6?,20-17+,21-11+,22-13+. The van der Waals surface area contributed by atoms with Gasteiger partial charge in [-0.25, -0.2) is 17.6 Å². The van der Waals surface area contributed by atoms with Gasteiger partial charge in [0.2, 0.25) is 10.0 Å². The molecule has 1 aromatic carbocycles. The molecule has 1 atom stereocenters. The summed E-state index contributed by atoms with van der Waals surface area (Å²) >= 11 is 0. The van der Waals surface area contributed by atoms with Gasteiger partial charge in [0.15, 0.2) is 5.84 Å². The maximum Gasteiger partial charge on any atom is 0.379 e. The van der Waals surface area contributed by atoms with E-state index >= 15 is 0 Å². The Kier molecular flexibility index (Phi) is 8.25. The number of halogens is 1. The molecular formula is C27H32FN3O6S. The molecule has 1 N–H and O–H groups in total. The number of esters is 1. The molecule has 0 bridgehead atoms. The van der Waals surface area contributed by atoms with Crippen molar-refractivity contribution in [1.29, 1.82) is 0 Å². The van der Waals surface area contributed by atoms with Crippen LogP contribution >= 0.6 is 0 Å². The number of fused-ring (bicyclic) bond motifs is 1. The van der Waals surface area contributed by atoms with Crippen LogP contribution in [0.3, 0.4) is 0 Å². The summed E-state index contributed by atoms with van der Waals surface area (Å²) in [6.45, 7) is 3.97. The predicted molar refractivity (Wildman–Crippen MR) is 144 cm³/mol. The number of piperidine rings is 1. The van der Waals surface area contributed by atoms with E-state index in [1.165, 1.54) is 19.3 Å². The summed E-state index contributed by atoms with van der Waals surface area (Å²) in [5, 5.41) is 4.35. The van der Waals surface area contributed by atoms with Gasteiger partial charge in [0.25, 0.3) is 0 Å². The highest BCUT2D eigenvalue weighted by molar-refractivity contribution is 7.92. The lowest BCUT2D eigenvalue weighted by atomic mass is 9.91. The van der Waals surface area contributed by atoms with E-state index in [1.54, 1.807) is 44.2 Å². The molecule has 0 amide bonds. The van der Waals surface area contributed by atoms with Crippen molar-refractivity contribution in [2.24, 2.45) is 5.16 Å². The topological polar surface area (TPSA) is 107 Å². The molecule has 1 aromatic rings. The maximum atomic E-state index is 13.7. The fourth-order valence-electron chi connectivity index (χ4n) is 4.63. The van der Waals surface area contributed by atoms with Crippen molar-refractivity contribution in [2.45, 2.75) is 45.3 Å². The van der Waals surface area contributed by atoms with E-state index in [2.05, 4.69) is 9.88 Å². The molecule has 0 saturated carbocycles. The molecule has 3 aliphatic rings. The number of hydrogen-bond acceptors (Lipinski definition) is 8. The number of methoxy groups -OCH3 is 1. The summed E-state index contributed by atoms with van der Waals surface area (Å²) < 4.78 is 51.2. The summed E-state index contributed by atoms with van der Waals surface area (Å²) in [7, 11) is -2.00. The zero-order valence-electron chi connectivity index (χ0n) is 21.7. The molecular weight excluding hydrogens is 513 g/mol. The molecule has 2 heterocycles. The van der Waals surface area contributed by atoms with Gasteiger partial charge < -0.3 is 19.2 Å². The van der Waals surface area contributed by atoms with Gasteiger partial charge in [-0.1, -0.05) is 23.4 Å². The van der Waals surface area contributed by atoms with E-state index in [1.807, 2.05) is 11.0 Å². The Labute approximate surface area is 222 Å². The number of anilines is 1. The monoisotopic (exact) mass is 545 g/mol. The quantitative estimate of drug-likeness (QED) is 0.374. The summed E-state index contributed by atoms with van der Waals surface area (Å²) in [5.74, 6) is -0.0631. The van der Waals surface area contributed by atoms with Crippen molar-refractivity contribution in [3.63, 3.8) is 0 Å². The molecule has 9 nitrogen and oxygen atoms in total. The average Bonchev–Trinajstić information content (AvgIpc) is 3.28. The Balaban J connectivity index is 1.69. The first kappa shape index (κ1) is 27.4. The lowest BCUT2D eigenvalue weighted by molar-refractivity contribution is -0.178. The van der Waals surface area contributed by atoms with Crippen molar-refractivity contribution in [3.05, 3.63) is 65.0 Å². The van der Waals surface area contributed by atoms with Crippen LogP contribution in [0.5, 0.6) is 5.75 Å². The number of allylic oxidation sites excluding steroid dienone is 5. The second-order valence-electron chi connectivity index (χ2n) is 8.92. The first-order chi connectivity index (χ1) is 18.2. The number of carbonyl (C=O) groups is 1. The Morgan fingerprint density at radius 3 is 2.87 bits per heavy atom. The average molecular weight is 546 g/mol. The molecule has 0 aromatic heterocycles. The fraction of sp³-hybridized carbons (Fsp3) is 0.407. The molecule has 0 radical (unpaired) electrons. The van der Waals surface area contributed by atoms with Crippen LogP contribution in [-0.2, 0) is 24.4 Å². The van der Waals surface area contributed by atoms with Gasteiger partial charge >= 0.3 is 11.7 Å². The van der Waals surface area contributed by atoms with Crippen molar-refractivity contribution in [1.82, 2.24) is 4.90 Å². The van der Waals surface area contributed by atoms with E-state index in [0.29, 0.717) is 48.7 Å². The van der Waals surface area contributed by atoms with Crippen LogP contribution in [-0.4, -0.2) is 56.9 Å². The van der Waals surface area contributed by atoms with Gasteiger partial charge in [-0.05, 0) is 81.0 Å². The summed E-state index contributed by atoms with van der Waals surface area (Å²) in [6.07, 6.45) is 10.2. The number of amidine groups is 1. The van der Waals surface area contributed by atoms with Crippen LogP contribution in [0.1, 0.15) is 45.1 Å². The van der Waals surface area contributed by atoms with Crippen molar-refractivity contribution in [2.75, 3.05) is 30.7 Å². The minimum absolute atomic E-state index is 0.0582. The Hall–Kier alpha value is -3.60. The first-order valence-corrected chi connectivity index (χ1v) is 14.2. The normalized spacial score (nSPS) is 25.1.